The summed E-state index contributed by atoms with van der Waals surface area (Å²) in [6.45, 7) is 2.51. The molecule has 0 unspecified atom stereocenters. The molecule has 2 heterocycles. The van der Waals surface area contributed by atoms with Crippen LogP contribution < -0.4 is 4.72 Å². The average molecular weight is 383 g/mol. The van der Waals surface area contributed by atoms with Crippen LogP contribution in [0.2, 0.25) is 0 Å². The molecular formula is C16H21N3O4S2. The van der Waals surface area contributed by atoms with Crippen molar-refractivity contribution in [3.63, 3.8) is 0 Å². The lowest BCUT2D eigenvalue weighted by atomic mass is 10.2. The molecule has 0 aliphatic carbocycles. The number of hydrogen-bond donors (Lipinski definition) is 1. The van der Waals surface area contributed by atoms with E-state index < -0.39 is 19.9 Å². The summed E-state index contributed by atoms with van der Waals surface area (Å²) in [4.78, 5) is 4.40. The topological polar surface area (TPSA) is 98.1 Å². The maximum Gasteiger partial charge on any atom is 0.240 e. The van der Waals surface area contributed by atoms with Gasteiger partial charge in [0.25, 0.3) is 0 Å². The van der Waals surface area contributed by atoms with Crippen LogP contribution in [0.3, 0.4) is 0 Å². The van der Waals surface area contributed by atoms with E-state index >= 15 is 0 Å². The van der Waals surface area contributed by atoms with Crippen molar-refractivity contribution in [2.24, 2.45) is 0 Å². The van der Waals surface area contributed by atoms with Crippen molar-refractivity contribution in [1.82, 2.24) is 14.3 Å². The van der Waals surface area contributed by atoms with Gasteiger partial charge in [0.15, 0.2) is 9.84 Å². The lowest BCUT2D eigenvalue weighted by molar-refractivity contribution is 0.522. The number of aromatic nitrogens is 2. The van der Waals surface area contributed by atoms with E-state index in [2.05, 4.69) is 14.3 Å². The number of aryl methyl sites for hydroxylation is 2. The normalized spacial score (nSPS) is 15.1. The summed E-state index contributed by atoms with van der Waals surface area (Å²) >= 11 is 0. The monoisotopic (exact) mass is 383 g/mol. The number of sulfonamides is 1. The predicted octanol–water partition coefficient (Wildman–Crippen LogP) is 1.49. The summed E-state index contributed by atoms with van der Waals surface area (Å²) in [5, 5.41) is 0. The molecule has 0 saturated carbocycles. The number of benzene rings is 1. The van der Waals surface area contributed by atoms with E-state index in [9.17, 15) is 16.8 Å². The van der Waals surface area contributed by atoms with Gasteiger partial charge in [-0.15, -0.1) is 0 Å². The first kappa shape index (κ1) is 18.1. The summed E-state index contributed by atoms with van der Waals surface area (Å²) in [6.07, 6.45) is 4.98. The smallest absolute Gasteiger partial charge is 0.240 e. The maximum atomic E-state index is 12.5. The molecule has 0 spiro atoms. The van der Waals surface area contributed by atoms with Gasteiger partial charge in [-0.25, -0.2) is 26.5 Å². The molecule has 0 saturated heterocycles. The highest BCUT2D eigenvalue weighted by Crippen LogP contribution is 2.18. The molecule has 3 rings (SSSR count). The van der Waals surface area contributed by atoms with Gasteiger partial charge in [-0.2, -0.15) is 0 Å². The molecule has 136 valence electrons. The Kier molecular flexibility index (Phi) is 4.99. The Hall–Kier alpha value is -1.71. The van der Waals surface area contributed by atoms with Crippen LogP contribution in [0.5, 0.6) is 0 Å². The van der Waals surface area contributed by atoms with Gasteiger partial charge in [-0.3, -0.25) is 0 Å². The van der Waals surface area contributed by atoms with Crippen LogP contribution >= 0.6 is 0 Å². The van der Waals surface area contributed by atoms with Crippen LogP contribution in [-0.4, -0.2) is 32.1 Å². The molecular weight excluding hydrogens is 362 g/mol. The lowest BCUT2D eigenvalue weighted by Gasteiger charge is -2.11. The number of sulfone groups is 1. The number of rotatable bonds is 6. The first-order chi connectivity index (χ1) is 11.8. The molecule has 1 aromatic heterocycles. The van der Waals surface area contributed by atoms with E-state index in [1.807, 2.05) is 6.20 Å². The zero-order valence-electron chi connectivity index (χ0n) is 14.0. The first-order valence-corrected chi connectivity index (χ1v) is 11.3. The molecule has 0 atom stereocenters. The van der Waals surface area contributed by atoms with Crippen LogP contribution in [0.4, 0.5) is 0 Å². The second-order valence-corrected chi connectivity index (χ2v) is 10.0. The minimum Gasteiger partial charge on any atom is -0.335 e. The standard InChI is InChI=1S/C16H21N3O4S2/c1-2-24(20,21)14-6-5-7-15(10-14)25(22,23)17-11-13-12-19-9-4-3-8-16(19)18-13/h5-7,10,12,17H,2-4,8-9,11H2,1H3. The fourth-order valence-corrected chi connectivity index (χ4v) is 4.86. The first-order valence-electron chi connectivity index (χ1n) is 8.19. The van der Waals surface area contributed by atoms with Gasteiger partial charge in [-0.1, -0.05) is 13.0 Å². The number of fused-ring (bicyclic) bond motifs is 1. The molecule has 1 aliphatic rings. The van der Waals surface area contributed by atoms with E-state index in [-0.39, 0.29) is 22.1 Å². The van der Waals surface area contributed by atoms with E-state index in [0.717, 1.165) is 31.6 Å². The summed E-state index contributed by atoms with van der Waals surface area (Å²) < 4.78 is 53.4. The Labute approximate surface area is 148 Å². The highest BCUT2D eigenvalue weighted by molar-refractivity contribution is 7.91. The van der Waals surface area contributed by atoms with Crippen molar-refractivity contribution in [3.05, 3.63) is 42.0 Å². The quantitative estimate of drug-likeness (QED) is 0.815. The Morgan fingerprint density at radius 2 is 1.92 bits per heavy atom. The van der Waals surface area contributed by atoms with E-state index in [4.69, 9.17) is 0 Å². The number of nitrogens with one attached hydrogen (secondary N) is 1. The van der Waals surface area contributed by atoms with Crippen LogP contribution in [0.1, 0.15) is 31.3 Å². The van der Waals surface area contributed by atoms with Crippen LogP contribution in [0.15, 0.2) is 40.3 Å². The molecule has 0 radical (unpaired) electrons. The summed E-state index contributed by atoms with van der Waals surface area (Å²) in [7, 11) is -7.27. The van der Waals surface area contributed by atoms with Crippen molar-refractivity contribution in [2.75, 3.05) is 5.75 Å². The second-order valence-electron chi connectivity index (χ2n) is 6.00. The Bertz CT molecular complexity index is 955. The fourth-order valence-electron chi connectivity index (χ4n) is 2.81. The largest absolute Gasteiger partial charge is 0.335 e. The third kappa shape index (κ3) is 3.94. The summed E-state index contributed by atoms with van der Waals surface area (Å²) in [6, 6.07) is 5.42. The lowest BCUT2D eigenvalue weighted by Crippen LogP contribution is -2.23. The Balaban J connectivity index is 1.78. The maximum absolute atomic E-state index is 12.5. The second kappa shape index (κ2) is 6.89. The van der Waals surface area contributed by atoms with Gasteiger partial charge in [0, 0.05) is 19.2 Å². The summed E-state index contributed by atoms with van der Waals surface area (Å²) in [5.41, 5.74) is 0.665. The van der Waals surface area contributed by atoms with Crippen LogP contribution in [0, 0.1) is 0 Å². The Morgan fingerprint density at radius 3 is 2.64 bits per heavy atom. The SMILES string of the molecule is CCS(=O)(=O)c1cccc(S(=O)(=O)NCc2cn3c(n2)CCCC3)c1. The van der Waals surface area contributed by atoms with Gasteiger partial charge in [-0.05, 0) is 31.0 Å². The van der Waals surface area contributed by atoms with Crippen LogP contribution in [-0.2, 0) is 39.4 Å². The molecule has 9 heteroatoms. The molecule has 7 nitrogen and oxygen atoms in total. The highest BCUT2D eigenvalue weighted by atomic mass is 32.2. The van der Waals surface area contributed by atoms with Gasteiger partial charge < -0.3 is 4.57 Å². The zero-order chi connectivity index (χ0) is 18.1. The zero-order valence-corrected chi connectivity index (χ0v) is 15.6. The molecule has 1 N–H and O–H groups in total. The van der Waals surface area contributed by atoms with E-state index in [1.165, 1.54) is 31.2 Å². The van der Waals surface area contributed by atoms with Crippen molar-refractivity contribution in [2.45, 2.75) is 49.1 Å². The van der Waals surface area contributed by atoms with Crippen molar-refractivity contribution in [1.29, 1.82) is 0 Å². The van der Waals surface area contributed by atoms with Gasteiger partial charge >= 0.3 is 0 Å². The minimum absolute atomic E-state index is 0.00957. The molecule has 2 aromatic rings. The van der Waals surface area contributed by atoms with E-state index in [1.54, 1.807) is 0 Å². The minimum atomic E-state index is -3.81. The predicted molar refractivity (Wildman–Crippen MR) is 93.4 cm³/mol. The van der Waals surface area contributed by atoms with E-state index in [0.29, 0.717) is 5.69 Å². The number of hydrogen-bond acceptors (Lipinski definition) is 5. The average Bonchev–Trinajstić information content (AvgIpc) is 3.03. The van der Waals surface area contributed by atoms with Gasteiger partial charge in [0.2, 0.25) is 10.0 Å². The highest BCUT2D eigenvalue weighted by Gasteiger charge is 2.19. The van der Waals surface area contributed by atoms with Crippen LogP contribution in [0.25, 0.3) is 0 Å². The van der Waals surface area contributed by atoms with Crippen molar-refractivity contribution in [3.8, 4) is 0 Å². The summed E-state index contributed by atoms with van der Waals surface area (Å²) in [5.74, 6) is 0.904. The number of nitrogens with zero attached hydrogens (tertiary/aromatic N) is 2. The number of imidazole rings is 1. The molecule has 0 fully saturated rings. The molecule has 25 heavy (non-hydrogen) atoms. The van der Waals surface area contributed by atoms with Gasteiger partial charge in [0.05, 0.1) is 27.8 Å². The fraction of sp³-hybridized carbons (Fsp3) is 0.438. The third-order valence-electron chi connectivity index (χ3n) is 4.26. The van der Waals surface area contributed by atoms with Crippen molar-refractivity contribution >= 4 is 19.9 Å². The molecule has 1 aromatic carbocycles. The third-order valence-corrected chi connectivity index (χ3v) is 7.39. The molecule has 0 bridgehead atoms. The van der Waals surface area contributed by atoms with Gasteiger partial charge in [0.1, 0.15) is 5.82 Å². The van der Waals surface area contributed by atoms with Crippen molar-refractivity contribution < 1.29 is 16.8 Å². The molecule has 1 aliphatic heterocycles. The molecule has 0 amide bonds. The Morgan fingerprint density at radius 1 is 1.16 bits per heavy atom.